The quantitative estimate of drug-likeness (QED) is 0.880. The van der Waals surface area contributed by atoms with Crippen LogP contribution < -0.4 is 10.5 Å². The summed E-state index contributed by atoms with van der Waals surface area (Å²) in [5.74, 6) is 0.887. The molecule has 0 amide bonds. The Labute approximate surface area is 115 Å². The number of hydrogen-bond acceptors (Lipinski definition) is 2. The first kappa shape index (κ1) is 13.6. The van der Waals surface area contributed by atoms with Crippen molar-refractivity contribution in [2.24, 2.45) is 5.73 Å². The third-order valence-corrected chi connectivity index (χ3v) is 3.26. The Hall–Kier alpha value is -1.80. The number of benzene rings is 2. The first-order valence-corrected chi connectivity index (χ1v) is 6.74. The zero-order valence-electron chi connectivity index (χ0n) is 11.5. The Bertz CT molecular complexity index is 510. The predicted octanol–water partition coefficient (Wildman–Crippen LogP) is 3.85. The minimum absolute atomic E-state index is 0.0100. The van der Waals surface area contributed by atoms with Crippen molar-refractivity contribution in [2.75, 3.05) is 0 Å². The van der Waals surface area contributed by atoms with Crippen molar-refractivity contribution in [3.05, 3.63) is 65.7 Å². The molecule has 0 bridgehead atoms. The first-order valence-electron chi connectivity index (χ1n) is 6.74. The summed E-state index contributed by atoms with van der Waals surface area (Å²) in [4.78, 5) is 0. The largest absolute Gasteiger partial charge is 0.488 e. The number of nitrogens with two attached hydrogens (primary N) is 1. The van der Waals surface area contributed by atoms with Crippen molar-refractivity contribution in [3.8, 4) is 5.75 Å². The van der Waals surface area contributed by atoms with Crippen molar-refractivity contribution >= 4 is 0 Å². The van der Waals surface area contributed by atoms with E-state index in [2.05, 4.69) is 19.9 Å². The highest BCUT2D eigenvalue weighted by atomic mass is 16.5. The van der Waals surface area contributed by atoms with Crippen LogP contribution in [0.25, 0.3) is 0 Å². The minimum Gasteiger partial charge on any atom is -0.488 e. The normalized spacial score (nSPS) is 13.8. The molecule has 100 valence electrons. The van der Waals surface area contributed by atoms with Gasteiger partial charge in [0.05, 0.1) is 6.04 Å². The molecule has 2 N–H and O–H groups in total. The topological polar surface area (TPSA) is 35.2 Å². The average Bonchev–Trinajstić information content (AvgIpc) is 2.45. The van der Waals surface area contributed by atoms with Crippen molar-refractivity contribution in [3.63, 3.8) is 0 Å². The molecule has 2 aromatic carbocycles. The van der Waals surface area contributed by atoms with Gasteiger partial charge in [-0.25, -0.2) is 0 Å². The molecule has 2 heteroatoms. The molecule has 0 aromatic heterocycles. The monoisotopic (exact) mass is 255 g/mol. The summed E-state index contributed by atoms with van der Waals surface area (Å²) < 4.78 is 6.04. The van der Waals surface area contributed by atoms with E-state index in [1.807, 2.05) is 48.5 Å². The summed E-state index contributed by atoms with van der Waals surface area (Å²) in [6, 6.07) is 18.1. The molecule has 19 heavy (non-hydrogen) atoms. The van der Waals surface area contributed by atoms with E-state index in [4.69, 9.17) is 10.5 Å². The SMILES string of the molecule is CCC(Oc1cccc(C)c1)C(N)c1ccccc1. The molecule has 0 spiro atoms. The van der Waals surface area contributed by atoms with Crippen LogP contribution in [0.5, 0.6) is 5.75 Å². The minimum atomic E-state index is -0.105. The summed E-state index contributed by atoms with van der Waals surface area (Å²) in [6.07, 6.45) is 0.869. The summed E-state index contributed by atoms with van der Waals surface area (Å²) in [6.45, 7) is 4.16. The van der Waals surface area contributed by atoms with Crippen LogP contribution in [-0.2, 0) is 0 Å². The molecule has 0 aliphatic heterocycles. The highest BCUT2D eigenvalue weighted by molar-refractivity contribution is 5.28. The average molecular weight is 255 g/mol. The standard InChI is InChI=1S/C17H21NO/c1-3-16(17(18)14-9-5-4-6-10-14)19-15-11-7-8-13(2)12-15/h4-12,16-17H,3,18H2,1-2H3. The number of aryl methyl sites for hydroxylation is 1. The Morgan fingerprint density at radius 1 is 1.05 bits per heavy atom. The molecule has 2 rings (SSSR count). The van der Waals surface area contributed by atoms with Crippen LogP contribution in [0, 0.1) is 6.92 Å². The Balaban J connectivity index is 2.12. The smallest absolute Gasteiger partial charge is 0.120 e. The van der Waals surface area contributed by atoms with E-state index in [0.717, 1.165) is 17.7 Å². The zero-order valence-corrected chi connectivity index (χ0v) is 11.5. The second-order valence-electron chi connectivity index (χ2n) is 4.82. The molecule has 0 aliphatic rings. The van der Waals surface area contributed by atoms with Gasteiger partial charge < -0.3 is 10.5 Å². The molecule has 2 nitrogen and oxygen atoms in total. The van der Waals surface area contributed by atoms with Gasteiger partial charge in [-0.1, -0.05) is 49.4 Å². The van der Waals surface area contributed by atoms with E-state index >= 15 is 0 Å². The highest BCUT2D eigenvalue weighted by Crippen LogP contribution is 2.22. The van der Waals surface area contributed by atoms with E-state index in [9.17, 15) is 0 Å². The third-order valence-electron chi connectivity index (χ3n) is 3.26. The maximum absolute atomic E-state index is 6.31. The van der Waals surface area contributed by atoms with Gasteiger partial charge in [0.15, 0.2) is 0 Å². The molecule has 0 saturated carbocycles. The van der Waals surface area contributed by atoms with Gasteiger partial charge in [0.25, 0.3) is 0 Å². The summed E-state index contributed by atoms with van der Waals surface area (Å²) >= 11 is 0. The molecule has 2 unspecified atom stereocenters. The lowest BCUT2D eigenvalue weighted by atomic mass is 10.0. The maximum Gasteiger partial charge on any atom is 0.120 e. The number of ether oxygens (including phenoxy) is 1. The molecule has 0 heterocycles. The molecule has 0 saturated heterocycles. The molecule has 2 atom stereocenters. The fraction of sp³-hybridized carbons (Fsp3) is 0.294. The van der Waals surface area contributed by atoms with Crippen LogP contribution in [0.3, 0.4) is 0 Å². The second kappa shape index (κ2) is 6.39. The molecule has 0 radical (unpaired) electrons. The number of hydrogen-bond donors (Lipinski definition) is 1. The van der Waals surface area contributed by atoms with Gasteiger partial charge in [0, 0.05) is 0 Å². The van der Waals surface area contributed by atoms with Crippen molar-refractivity contribution in [1.82, 2.24) is 0 Å². The van der Waals surface area contributed by atoms with Crippen LogP contribution >= 0.6 is 0 Å². The van der Waals surface area contributed by atoms with Crippen molar-refractivity contribution < 1.29 is 4.74 Å². The van der Waals surface area contributed by atoms with Gasteiger partial charge in [0.1, 0.15) is 11.9 Å². The van der Waals surface area contributed by atoms with E-state index in [-0.39, 0.29) is 12.1 Å². The molecular weight excluding hydrogens is 234 g/mol. The zero-order chi connectivity index (χ0) is 13.7. The Morgan fingerprint density at radius 2 is 1.79 bits per heavy atom. The lowest BCUT2D eigenvalue weighted by Crippen LogP contribution is -2.30. The van der Waals surface area contributed by atoms with Crippen LogP contribution in [0.15, 0.2) is 54.6 Å². The van der Waals surface area contributed by atoms with Gasteiger partial charge in [-0.05, 0) is 36.6 Å². The second-order valence-corrected chi connectivity index (χ2v) is 4.82. The fourth-order valence-corrected chi connectivity index (χ4v) is 2.16. The summed E-state index contributed by atoms with van der Waals surface area (Å²) in [7, 11) is 0. The fourth-order valence-electron chi connectivity index (χ4n) is 2.16. The van der Waals surface area contributed by atoms with E-state index in [1.165, 1.54) is 5.56 Å². The van der Waals surface area contributed by atoms with Crippen LogP contribution in [0.2, 0.25) is 0 Å². The predicted molar refractivity (Wildman–Crippen MR) is 79.3 cm³/mol. The molecule has 2 aromatic rings. The molecule has 0 fully saturated rings. The third kappa shape index (κ3) is 3.58. The lowest BCUT2D eigenvalue weighted by Gasteiger charge is -2.24. The maximum atomic E-state index is 6.31. The van der Waals surface area contributed by atoms with Crippen molar-refractivity contribution in [2.45, 2.75) is 32.4 Å². The van der Waals surface area contributed by atoms with E-state index in [1.54, 1.807) is 0 Å². The number of rotatable bonds is 5. The van der Waals surface area contributed by atoms with Crippen LogP contribution in [0.4, 0.5) is 0 Å². The van der Waals surface area contributed by atoms with Gasteiger partial charge in [-0.3, -0.25) is 0 Å². The van der Waals surface area contributed by atoms with Crippen LogP contribution in [-0.4, -0.2) is 6.10 Å². The van der Waals surface area contributed by atoms with Gasteiger partial charge in [-0.2, -0.15) is 0 Å². The summed E-state index contributed by atoms with van der Waals surface area (Å²) in [5, 5.41) is 0. The van der Waals surface area contributed by atoms with Gasteiger partial charge >= 0.3 is 0 Å². The van der Waals surface area contributed by atoms with Gasteiger partial charge in [0.2, 0.25) is 0 Å². The summed E-state index contributed by atoms with van der Waals surface area (Å²) in [5.41, 5.74) is 8.62. The lowest BCUT2D eigenvalue weighted by molar-refractivity contribution is 0.167. The van der Waals surface area contributed by atoms with Crippen molar-refractivity contribution in [1.29, 1.82) is 0 Å². The van der Waals surface area contributed by atoms with Gasteiger partial charge in [-0.15, -0.1) is 0 Å². The molecular formula is C17H21NO. The highest BCUT2D eigenvalue weighted by Gasteiger charge is 2.19. The van der Waals surface area contributed by atoms with E-state index < -0.39 is 0 Å². The Kier molecular flexibility index (Phi) is 4.58. The molecule has 0 aliphatic carbocycles. The van der Waals surface area contributed by atoms with Crippen LogP contribution in [0.1, 0.15) is 30.5 Å². The Morgan fingerprint density at radius 3 is 2.42 bits per heavy atom. The first-order chi connectivity index (χ1) is 9.20. The van der Waals surface area contributed by atoms with E-state index in [0.29, 0.717) is 0 Å².